The predicted molar refractivity (Wildman–Crippen MR) is 92.2 cm³/mol. The molecule has 0 aliphatic rings. The van der Waals surface area contributed by atoms with Crippen molar-refractivity contribution < 1.29 is 9.53 Å². The van der Waals surface area contributed by atoms with Crippen LogP contribution >= 0.6 is 11.6 Å². The van der Waals surface area contributed by atoms with Crippen molar-refractivity contribution in [3.8, 4) is 5.75 Å². The molecule has 0 bridgehead atoms. The molecule has 1 heterocycles. The highest BCUT2D eigenvalue weighted by Crippen LogP contribution is 2.20. The number of hydrogen-bond acceptors (Lipinski definition) is 2. The number of nitrogens with zero attached hydrogens (tertiary/aromatic N) is 1. The topological polar surface area (TPSA) is 43.3 Å². The van der Waals surface area contributed by atoms with E-state index in [4.69, 9.17) is 16.3 Å². The van der Waals surface area contributed by atoms with Crippen LogP contribution < -0.4 is 10.1 Å². The summed E-state index contributed by atoms with van der Waals surface area (Å²) in [6, 6.07) is 15.7. The van der Waals surface area contributed by atoms with Crippen molar-refractivity contribution >= 4 is 28.3 Å². The summed E-state index contributed by atoms with van der Waals surface area (Å²) in [7, 11) is 1.78. The maximum Gasteiger partial charge on any atom is 0.268 e. The van der Waals surface area contributed by atoms with Crippen LogP contribution in [0.3, 0.4) is 0 Å². The fourth-order valence-electron chi connectivity index (χ4n) is 2.43. The van der Waals surface area contributed by atoms with Gasteiger partial charge < -0.3 is 14.6 Å². The molecule has 1 amide bonds. The van der Waals surface area contributed by atoms with Crippen molar-refractivity contribution in [2.45, 2.75) is 0 Å². The second kappa shape index (κ2) is 6.75. The molecule has 118 valence electrons. The number of carbonyl (C=O) groups excluding carboxylic acids is 1. The molecule has 1 N–H and O–H groups in total. The van der Waals surface area contributed by atoms with Crippen LogP contribution in [0.25, 0.3) is 10.8 Å². The minimum atomic E-state index is -0.165. The summed E-state index contributed by atoms with van der Waals surface area (Å²) in [6.45, 7) is 0.830. The molecule has 3 rings (SSSR count). The maximum atomic E-state index is 12.0. The Bertz CT molecular complexity index is 842. The summed E-state index contributed by atoms with van der Waals surface area (Å²) in [5.74, 6) is 0.626. The lowest BCUT2D eigenvalue weighted by Crippen LogP contribution is -2.29. The van der Waals surface area contributed by atoms with Gasteiger partial charge in [0.2, 0.25) is 0 Å². The SMILES string of the molecule is Cn1cc(Cl)cc1C(=O)NCCOc1ccc2ccccc2c1. The first-order chi connectivity index (χ1) is 11.1. The van der Waals surface area contributed by atoms with Crippen molar-refractivity contribution in [1.82, 2.24) is 9.88 Å². The van der Waals surface area contributed by atoms with E-state index in [0.717, 1.165) is 11.1 Å². The molecule has 0 saturated heterocycles. The quantitative estimate of drug-likeness (QED) is 0.727. The molecular weight excluding hydrogens is 312 g/mol. The van der Waals surface area contributed by atoms with E-state index in [9.17, 15) is 4.79 Å². The summed E-state index contributed by atoms with van der Waals surface area (Å²) in [5.41, 5.74) is 0.528. The molecule has 3 aromatic rings. The molecule has 0 atom stereocenters. The monoisotopic (exact) mass is 328 g/mol. The van der Waals surface area contributed by atoms with Crippen molar-refractivity contribution in [2.75, 3.05) is 13.2 Å². The van der Waals surface area contributed by atoms with Gasteiger partial charge in [-0.3, -0.25) is 4.79 Å². The smallest absolute Gasteiger partial charge is 0.268 e. The van der Waals surface area contributed by atoms with E-state index >= 15 is 0 Å². The zero-order valence-electron chi connectivity index (χ0n) is 12.8. The summed E-state index contributed by atoms with van der Waals surface area (Å²) in [4.78, 5) is 12.0. The third-order valence-electron chi connectivity index (χ3n) is 3.58. The van der Waals surface area contributed by atoms with Gasteiger partial charge in [-0.15, -0.1) is 0 Å². The number of carbonyl (C=O) groups is 1. The Morgan fingerprint density at radius 3 is 2.70 bits per heavy atom. The summed E-state index contributed by atoms with van der Waals surface area (Å²) in [5, 5.41) is 5.67. The second-order valence-electron chi connectivity index (χ2n) is 5.27. The fraction of sp³-hybridized carbons (Fsp3) is 0.167. The molecule has 0 unspecified atom stereocenters. The Morgan fingerprint density at radius 1 is 1.17 bits per heavy atom. The Morgan fingerprint density at radius 2 is 1.96 bits per heavy atom. The van der Waals surface area contributed by atoms with Crippen molar-refractivity contribution in [3.05, 3.63) is 65.4 Å². The van der Waals surface area contributed by atoms with Crippen LogP contribution in [0, 0.1) is 0 Å². The molecular formula is C18H17ClN2O2. The second-order valence-corrected chi connectivity index (χ2v) is 5.70. The van der Waals surface area contributed by atoms with Gasteiger partial charge in [-0.25, -0.2) is 0 Å². The van der Waals surface area contributed by atoms with E-state index in [2.05, 4.69) is 11.4 Å². The molecule has 4 nitrogen and oxygen atoms in total. The third kappa shape index (κ3) is 3.66. The van der Waals surface area contributed by atoms with Gasteiger partial charge in [0.25, 0.3) is 5.91 Å². The molecule has 0 spiro atoms. The van der Waals surface area contributed by atoms with E-state index in [1.807, 2.05) is 36.4 Å². The van der Waals surface area contributed by atoms with E-state index in [1.54, 1.807) is 23.9 Å². The Balaban J connectivity index is 1.52. The molecule has 0 radical (unpaired) electrons. The predicted octanol–water partition coefficient (Wildman–Crippen LogP) is 3.64. The normalized spacial score (nSPS) is 10.7. The first-order valence-corrected chi connectivity index (χ1v) is 7.73. The summed E-state index contributed by atoms with van der Waals surface area (Å²) < 4.78 is 7.38. The fourth-order valence-corrected chi connectivity index (χ4v) is 2.68. The zero-order chi connectivity index (χ0) is 16.2. The van der Waals surface area contributed by atoms with Gasteiger partial charge in [-0.1, -0.05) is 41.9 Å². The van der Waals surface area contributed by atoms with Gasteiger partial charge in [-0.05, 0) is 29.0 Å². The summed E-state index contributed by atoms with van der Waals surface area (Å²) in [6.07, 6.45) is 1.70. The number of ether oxygens (including phenoxy) is 1. The minimum Gasteiger partial charge on any atom is -0.492 e. The maximum absolute atomic E-state index is 12.0. The van der Waals surface area contributed by atoms with E-state index in [1.165, 1.54) is 5.39 Å². The van der Waals surface area contributed by atoms with Crippen LogP contribution in [0.1, 0.15) is 10.5 Å². The number of fused-ring (bicyclic) bond motifs is 1. The largest absolute Gasteiger partial charge is 0.492 e. The first-order valence-electron chi connectivity index (χ1n) is 7.35. The Hall–Kier alpha value is -2.46. The number of rotatable bonds is 5. The lowest BCUT2D eigenvalue weighted by molar-refractivity contribution is 0.0939. The molecule has 0 aliphatic carbocycles. The number of halogens is 1. The minimum absolute atomic E-state index is 0.165. The first kappa shape index (κ1) is 15.4. The highest BCUT2D eigenvalue weighted by atomic mass is 35.5. The molecule has 2 aromatic carbocycles. The molecule has 0 aliphatic heterocycles. The highest BCUT2D eigenvalue weighted by Gasteiger charge is 2.10. The van der Waals surface area contributed by atoms with E-state index in [-0.39, 0.29) is 5.91 Å². The number of aromatic nitrogens is 1. The van der Waals surface area contributed by atoms with E-state index in [0.29, 0.717) is 23.9 Å². The lowest BCUT2D eigenvalue weighted by atomic mass is 10.1. The van der Waals surface area contributed by atoms with Crippen LogP contribution in [0.4, 0.5) is 0 Å². The van der Waals surface area contributed by atoms with Crippen LogP contribution in [-0.2, 0) is 7.05 Å². The number of benzene rings is 2. The van der Waals surface area contributed by atoms with Gasteiger partial charge in [0, 0.05) is 13.2 Å². The van der Waals surface area contributed by atoms with Gasteiger partial charge in [0.15, 0.2) is 0 Å². The number of aryl methyl sites for hydroxylation is 1. The Kier molecular flexibility index (Phi) is 4.53. The zero-order valence-corrected chi connectivity index (χ0v) is 13.5. The van der Waals surface area contributed by atoms with Crippen LogP contribution in [0.5, 0.6) is 5.75 Å². The number of amides is 1. The average molecular weight is 329 g/mol. The molecule has 23 heavy (non-hydrogen) atoms. The lowest BCUT2D eigenvalue weighted by Gasteiger charge is -2.09. The Labute approximate surface area is 139 Å². The average Bonchev–Trinajstić information content (AvgIpc) is 2.90. The number of nitrogens with one attached hydrogen (secondary N) is 1. The molecule has 0 saturated carbocycles. The van der Waals surface area contributed by atoms with E-state index < -0.39 is 0 Å². The van der Waals surface area contributed by atoms with Gasteiger partial charge in [0.1, 0.15) is 18.1 Å². The summed E-state index contributed by atoms with van der Waals surface area (Å²) >= 11 is 5.87. The van der Waals surface area contributed by atoms with Crippen LogP contribution in [0.2, 0.25) is 5.02 Å². The third-order valence-corrected chi connectivity index (χ3v) is 3.79. The highest BCUT2D eigenvalue weighted by molar-refractivity contribution is 6.31. The molecule has 0 fully saturated rings. The van der Waals surface area contributed by atoms with Crippen molar-refractivity contribution in [2.24, 2.45) is 7.05 Å². The van der Waals surface area contributed by atoms with Crippen LogP contribution in [-0.4, -0.2) is 23.6 Å². The van der Waals surface area contributed by atoms with Crippen molar-refractivity contribution in [1.29, 1.82) is 0 Å². The van der Waals surface area contributed by atoms with Gasteiger partial charge in [-0.2, -0.15) is 0 Å². The van der Waals surface area contributed by atoms with Gasteiger partial charge >= 0.3 is 0 Å². The number of hydrogen-bond donors (Lipinski definition) is 1. The van der Waals surface area contributed by atoms with Crippen LogP contribution in [0.15, 0.2) is 54.7 Å². The standard InChI is InChI=1S/C18H17ClN2O2/c1-21-12-15(19)11-17(21)18(22)20-8-9-23-16-7-6-13-4-2-3-5-14(13)10-16/h2-7,10-12H,8-9H2,1H3,(H,20,22). The molecule has 5 heteroatoms. The molecule has 1 aromatic heterocycles. The van der Waals surface area contributed by atoms with Crippen molar-refractivity contribution in [3.63, 3.8) is 0 Å². The van der Waals surface area contributed by atoms with Gasteiger partial charge in [0.05, 0.1) is 11.6 Å².